The van der Waals surface area contributed by atoms with Crippen molar-refractivity contribution in [2.24, 2.45) is 5.92 Å². The first kappa shape index (κ1) is 8.68. The fraction of sp³-hybridized carbons (Fsp3) is 0.625. The van der Waals surface area contributed by atoms with Gasteiger partial charge in [0.1, 0.15) is 0 Å². The molecule has 0 radical (unpaired) electrons. The van der Waals surface area contributed by atoms with Crippen molar-refractivity contribution in [3.63, 3.8) is 0 Å². The zero-order valence-corrected chi connectivity index (χ0v) is 7.47. The van der Waals surface area contributed by atoms with Crippen molar-refractivity contribution in [3.05, 3.63) is 16.6 Å². The minimum Gasteiger partial charge on any atom is -0.396 e. The standard InChI is InChI=1S/C8H13NOS/c1-2-7(4-10)3-8-5-11-6-9-8/h5-7,10H,2-4H2,1H3. The number of aromatic nitrogens is 1. The van der Waals surface area contributed by atoms with Gasteiger partial charge in [0.15, 0.2) is 0 Å². The molecule has 0 saturated heterocycles. The Kier molecular flexibility index (Phi) is 3.52. The fourth-order valence-electron chi connectivity index (χ4n) is 0.972. The summed E-state index contributed by atoms with van der Waals surface area (Å²) in [6.45, 7) is 2.36. The van der Waals surface area contributed by atoms with Crippen LogP contribution in [0.1, 0.15) is 19.0 Å². The SMILES string of the molecule is CCC(CO)Cc1cscn1. The highest BCUT2D eigenvalue weighted by molar-refractivity contribution is 7.07. The first-order chi connectivity index (χ1) is 5.36. The third kappa shape index (κ3) is 2.60. The molecule has 0 aromatic carbocycles. The number of aliphatic hydroxyl groups is 1. The van der Waals surface area contributed by atoms with E-state index in [0.717, 1.165) is 18.5 Å². The largest absolute Gasteiger partial charge is 0.396 e. The molecule has 3 heteroatoms. The van der Waals surface area contributed by atoms with Crippen molar-refractivity contribution in [3.8, 4) is 0 Å². The van der Waals surface area contributed by atoms with Gasteiger partial charge in [0.2, 0.25) is 0 Å². The van der Waals surface area contributed by atoms with Gasteiger partial charge in [-0.05, 0) is 12.3 Å². The molecule has 1 heterocycles. The van der Waals surface area contributed by atoms with Crippen LogP contribution in [0.5, 0.6) is 0 Å². The van der Waals surface area contributed by atoms with Crippen LogP contribution in [-0.2, 0) is 6.42 Å². The van der Waals surface area contributed by atoms with Crippen molar-refractivity contribution in [1.29, 1.82) is 0 Å². The molecule has 1 rings (SSSR count). The molecule has 0 bridgehead atoms. The van der Waals surface area contributed by atoms with Gasteiger partial charge in [0.25, 0.3) is 0 Å². The molecule has 0 spiro atoms. The maximum atomic E-state index is 8.90. The average Bonchev–Trinajstić information content (AvgIpc) is 2.52. The molecule has 0 aliphatic rings. The summed E-state index contributed by atoms with van der Waals surface area (Å²) in [6.07, 6.45) is 1.94. The van der Waals surface area contributed by atoms with E-state index in [-0.39, 0.29) is 6.61 Å². The van der Waals surface area contributed by atoms with Gasteiger partial charge in [-0.1, -0.05) is 13.3 Å². The minimum atomic E-state index is 0.272. The van der Waals surface area contributed by atoms with Crippen LogP contribution in [0.3, 0.4) is 0 Å². The van der Waals surface area contributed by atoms with Crippen LogP contribution in [0, 0.1) is 5.92 Å². The van der Waals surface area contributed by atoms with Crippen molar-refractivity contribution in [1.82, 2.24) is 4.98 Å². The fourth-order valence-corrected chi connectivity index (χ4v) is 1.54. The highest BCUT2D eigenvalue weighted by Gasteiger charge is 2.06. The van der Waals surface area contributed by atoms with Crippen molar-refractivity contribution in [2.75, 3.05) is 6.61 Å². The Balaban J connectivity index is 2.41. The summed E-state index contributed by atoms with van der Waals surface area (Å²) in [4.78, 5) is 4.16. The second-order valence-electron chi connectivity index (χ2n) is 2.64. The van der Waals surface area contributed by atoms with Crippen molar-refractivity contribution in [2.45, 2.75) is 19.8 Å². The number of nitrogens with zero attached hydrogens (tertiary/aromatic N) is 1. The van der Waals surface area contributed by atoms with Gasteiger partial charge < -0.3 is 5.11 Å². The van der Waals surface area contributed by atoms with Gasteiger partial charge in [-0.3, -0.25) is 0 Å². The zero-order chi connectivity index (χ0) is 8.10. The van der Waals surface area contributed by atoms with Gasteiger partial charge in [0, 0.05) is 12.0 Å². The lowest BCUT2D eigenvalue weighted by Crippen LogP contribution is -2.08. The molecule has 2 nitrogen and oxygen atoms in total. The lowest BCUT2D eigenvalue weighted by Gasteiger charge is -2.07. The Morgan fingerprint density at radius 3 is 3.00 bits per heavy atom. The Morgan fingerprint density at radius 2 is 2.55 bits per heavy atom. The Hall–Kier alpha value is -0.410. The lowest BCUT2D eigenvalue weighted by atomic mass is 10.0. The normalized spacial score (nSPS) is 13.3. The van der Waals surface area contributed by atoms with E-state index in [0.29, 0.717) is 5.92 Å². The number of aliphatic hydroxyl groups excluding tert-OH is 1. The number of hydrogen-bond acceptors (Lipinski definition) is 3. The number of hydrogen-bond donors (Lipinski definition) is 1. The zero-order valence-electron chi connectivity index (χ0n) is 6.66. The van der Waals surface area contributed by atoms with Gasteiger partial charge >= 0.3 is 0 Å². The molecular formula is C8H13NOS. The third-order valence-electron chi connectivity index (χ3n) is 1.82. The predicted molar refractivity (Wildman–Crippen MR) is 46.7 cm³/mol. The first-order valence-corrected chi connectivity index (χ1v) is 4.79. The van der Waals surface area contributed by atoms with Crippen molar-refractivity contribution < 1.29 is 5.11 Å². The Labute approximate surface area is 70.9 Å². The second-order valence-corrected chi connectivity index (χ2v) is 3.36. The summed E-state index contributed by atoms with van der Waals surface area (Å²) in [5, 5.41) is 10.9. The van der Waals surface area contributed by atoms with E-state index in [4.69, 9.17) is 5.11 Å². The number of thiazole rings is 1. The molecule has 1 N–H and O–H groups in total. The van der Waals surface area contributed by atoms with Crippen LogP contribution >= 0.6 is 11.3 Å². The third-order valence-corrected chi connectivity index (χ3v) is 2.45. The van der Waals surface area contributed by atoms with E-state index in [2.05, 4.69) is 11.9 Å². The Bertz CT molecular complexity index is 182. The van der Waals surface area contributed by atoms with E-state index in [1.54, 1.807) is 11.3 Å². The summed E-state index contributed by atoms with van der Waals surface area (Å²) in [5.74, 6) is 0.386. The van der Waals surface area contributed by atoms with Gasteiger partial charge in [0.05, 0.1) is 11.2 Å². The summed E-state index contributed by atoms with van der Waals surface area (Å²) < 4.78 is 0. The Morgan fingerprint density at radius 1 is 1.73 bits per heavy atom. The molecule has 62 valence electrons. The molecule has 11 heavy (non-hydrogen) atoms. The van der Waals surface area contributed by atoms with E-state index in [1.165, 1.54) is 0 Å². The van der Waals surface area contributed by atoms with E-state index in [9.17, 15) is 0 Å². The molecule has 1 aromatic rings. The van der Waals surface area contributed by atoms with E-state index in [1.807, 2.05) is 10.9 Å². The monoisotopic (exact) mass is 171 g/mol. The lowest BCUT2D eigenvalue weighted by molar-refractivity contribution is 0.221. The van der Waals surface area contributed by atoms with Crippen LogP contribution in [0.25, 0.3) is 0 Å². The smallest absolute Gasteiger partial charge is 0.0794 e. The topological polar surface area (TPSA) is 33.1 Å². The molecule has 1 atom stereocenters. The molecule has 0 fully saturated rings. The van der Waals surface area contributed by atoms with Crippen LogP contribution in [0.4, 0.5) is 0 Å². The van der Waals surface area contributed by atoms with Crippen LogP contribution in [-0.4, -0.2) is 16.7 Å². The van der Waals surface area contributed by atoms with Crippen LogP contribution in [0.2, 0.25) is 0 Å². The van der Waals surface area contributed by atoms with Gasteiger partial charge in [-0.15, -0.1) is 11.3 Å². The highest BCUT2D eigenvalue weighted by Crippen LogP contribution is 2.11. The van der Waals surface area contributed by atoms with Crippen molar-refractivity contribution >= 4 is 11.3 Å². The predicted octanol–water partition coefficient (Wildman–Crippen LogP) is 1.70. The molecule has 1 unspecified atom stereocenters. The van der Waals surface area contributed by atoms with Gasteiger partial charge in [-0.2, -0.15) is 0 Å². The minimum absolute atomic E-state index is 0.272. The molecule has 0 amide bonds. The first-order valence-electron chi connectivity index (χ1n) is 3.84. The quantitative estimate of drug-likeness (QED) is 0.748. The number of rotatable bonds is 4. The maximum Gasteiger partial charge on any atom is 0.0794 e. The second kappa shape index (κ2) is 4.46. The maximum absolute atomic E-state index is 8.90. The van der Waals surface area contributed by atoms with Crippen LogP contribution in [0.15, 0.2) is 10.9 Å². The van der Waals surface area contributed by atoms with Crippen LogP contribution < -0.4 is 0 Å². The molecule has 0 aliphatic carbocycles. The molecule has 0 saturated carbocycles. The molecular weight excluding hydrogens is 158 g/mol. The average molecular weight is 171 g/mol. The summed E-state index contributed by atoms with van der Waals surface area (Å²) in [6, 6.07) is 0. The molecule has 0 aliphatic heterocycles. The van der Waals surface area contributed by atoms with Gasteiger partial charge in [-0.25, -0.2) is 4.98 Å². The van der Waals surface area contributed by atoms with E-state index >= 15 is 0 Å². The summed E-state index contributed by atoms with van der Waals surface area (Å²) in [5.41, 5.74) is 2.94. The summed E-state index contributed by atoms with van der Waals surface area (Å²) >= 11 is 1.61. The molecule has 1 aromatic heterocycles. The summed E-state index contributed by atoms with van der Waals surface area (Å²) in [7, 11) is 0. The van der Waals surface area contributed by atoms with E-state index < -0.39 is 0 Å². The highest BCUT2D eigenvalue weighted by atomic mass is 32.1.